The zero-order valence-electron chi connectivity index (χ0n) is 11.6. The van der Waals surface area contributed by atoms with Gasteiger partial charge >= 0.3 is 58.4 Å². The summed E-state index contributed by atoms with van der Waals surface area (Å²) in [7, 11) is 0. The first-order chi connectivity index (χ1) is 9.91. The number of ether oxygens (including phenoxy) is 1. The minimum absolute atomic E-state index is 0. The van der Waals surface area contributed by atoms with Crippen LogP contribution in [0.2, 0.25) is 0 Å². The van der Waals surface area contributed by atoms with Gasteiger partial charge in [0.1, 0.15) is 24.2 Å². The zero-order valence-corrected chi connectivity index (χ0v) is 14.7. The van der Waals surface area contributed by atoms with Gasteiger partial charge in [0, 0.05) is 11.8 Å². The van der Waals surface area contributed by atoms with Gasteiger partial charge in [-0.05, 0) is 12.1 Å². The fourth-order valence-electron chi connectivity index (χ4n) is 1.63. The Morgan fingerprint density at radius 2 is 1.95 bits per heavy atom. The summed E-state index contributed by atoms with van der Waals surface area (Å²) >= 11 is 0. The van der Waals surface area contributed by atoms with Gasteiger partial charge in [-0.25, -0.2) is 4.39 Å². The van der Waals surface area contributed by atoms with Crippen molar-refractivity contribution in [2.24, 2.45) is 0 Å². The normalized spacial score (nSPS) is 10.5. The van der Waals surface area contributed by atoms with Crippen LogP contribution in [0.3, 0.4) is 0 Å². The van der Waals surface area contributed by atoms with E-state index in [-0.39, 0.29) is 74.9 Å². The summed E-state index contributed by atoms with van der Waals surface area (Å²) in [4.78, 5) is 3.44. The molecular formula is C13H8BF4KN2O. The van der Waals surface area contributed by atoms with Crippen LogP contribution in [0.5, 0.6) is 5.75 Å². The predicted octanol–water partition coefficient (Wildman–Crippen LogP) is -0.270. The van der Waals surface area contributed by atoms with Crippen LogP contribution in [-0.2, 0) is 6.61 Å². The molecule has 3 nitrogen and oxygen atoms in total. The molecule has 0 fully saturated rings. The van der Waals surface area contributed by atoms with E-state index >= 15 is 0 Å². The van der Waals surface area contributed by atoms with E-state index in [1.807, 2.05) is 0 Å². The minimum atomic E-state index is -5.17. The van der Waals surface area contributed by atoms with Gasteiger partial charge in [-0.2, -0.15) is 5.26 Å². The van der Waals surface area contributed by atoms with Crippen molar-refractivity contribution in [1.82, 2.24) is 4.98 Å². The maximum Gasteiger partial charge on any atom is 1.00 e. The second-order valence-electron chi connectivity index (χ2n) is 4.21. The van der Waals surface area contributed by atoms with Gasteiger partial charge in [0.25, 0.3) is 0 Å². The number of aromatic nitrogens is 1. The number of pyridine rings is 1. The summed E-state index contributed by atoms with van der Waals surface area (Å²) < 4.78 is 56.5. The second-order valence-corrected chi connectivity index (χ2v) is 4.21. The Bertz CT molecular complexity index is 703. The molecule has 0 spiro atoms. The van der Waals surface area contributed by atoms with E-state index in [1.54, 1.807) is 6.07 Å². The number of nitriles is 1. The zero-order chi connectivity index (χ0) is 15.5. The quantitative estimate of drug-likeness (QED) is 0.571. The molecule has 0 aliphatic rings. The maximum atomic E-state index is 13.7. The SMILES string of the molecule is N#Cc1cccc(COc2cncc([B-](F)(F)F)c2)c1F.[K+]. The number of rotatable bonds is 4. The Balaban J connectivity index is 0.00000242. The molecule has 1 aromatic carbocycles. The van der Waals surface area contributed by atoms with Gasteiger partial charge < -0.3 is 17.7 Å². The monoisotopic (exact) mass is 334 g/mol. The van der Waals surface area contributed by atoms with Gasteiger partial charge in [-0.1, -0.05) is 17.6 Å². The third kappa shape index (κ3) is 4.79. The van der Waals surface area contributed by atoms with Crippen LogP contribution in [0.4, 0.5) is 17.3 Å². The Morgan fingerprint density at radius 1 is 1.23 bits per heavy atom. The van der Waals surface area contributed by atoms with Crippen LogP contribution < -0.4 is 61.6 Å². The number of benzene rings is 1. The molecule has 0 radical (unpaired) electrons. The molecule has 2 rings (SSSR count). The number of halogens is 4. The summed E-state index contributed by atoms with van der Waals surface area (Å²) in [6.45, 7) is -5.47. The van der Waals surface area contributed by atoms with Crippen molar-refractivity contribution in [2.45, 2.75) is 6.61 Å². The van der Waals surface area contributed by atoms with Crippen molar-refractivity contribution >= 4 is 12.4 Å². The fourth-order valence-corrected chi connectivity index (χ4v) is 1.63. The fraction of sp³-hybridized carbons (Fsp3) is 0.0769. The first kappa shape index (κ1) is 19.1. The first-order valence-corrected chi connectivity index (χ1v) is 5.87. The molecule has 0 aliphatic carbocycles. The predicted molar refractivity (Wildman–Crippen MR) is 68.4 cm³/mol. The van der Waals surface area contributed by atoms with E-state index in [0.29, 0.717) is 6.20 Å². The van der Waals surface area contributed by atoms with Crippen molar-refractivity contribution in [3.8, 4) is 11.8 Å². The van der Waals surface area contributed by atoms with Crippen LogP contribution in [-0.4, -0.2) is 12.0 Å². The molecule has 0 N–H and O–H groups in total. The van der Waals surface area contributed by atoms with E-state index in [4.69, 9.17) is 10.00 Å². The van der Waals surface area contributed by atoms with Crippen molar-refractivity contribution < 1.29 is 73.5 Å². The molecule has 0 amide bonds. The van der Waals surface area contributed by atoms with E-state index in [0.717, 1.165) is 12.3 Å². The molecule has 2 aromatic rings. The third-order valence-electron chi connectivity index (χ3n) is 2.71. The second kappa shape index (κ2) is 8.08. The Labute approximate surface area is 166 Å². The van der Waals surface area contributed by atoms with E-state index in [9.17, 15) is 17.3 Å². The van der Waals surface area contributed by atoms with Crippen LogP contribution >= 0.6 is 0 Å². The number of nitrogens with zero attached hydrogens (tertiary/aromatic N) is 2. The summed E-state index contributed by atoms with van der Waals surface area (Å²) in [5.74, 6) is -0.863. The summed E-state index contributed by atoms with van der Waals surface area (Å²) in [5, 5.41) is 8.69. The Hall–Kier alpha value is -0.919. The molecule has 0 unspecified atom stereocenters. The minimum Gasteiger partial charge on any atom is -0.487 e. The molecule has 0 atom stereocenters. The van der Waals surface area contributed by atoms with Crippen LogP contribution in [0, 0.1) is 17.1 Å². The van der Waals surface area contributed by atoms with E-state index in [2.05, 4.69) is 4.98 Å². The summed E-state index contributed by atoms with van der Waals surface area (Å²) in [5.41, 5.74) is -0.961. The molecule has 0 aliphatic heterocycles. The summed E-state index contributed by atoms with van der Waals surface area (Å²) in [6, 6.07) is 6.63. The average Bonchev–Trinajstić information content (AvgIpc) is 2.45. The molecule has 0 saturated heterocycles. The van der Waals surface area contributed by atoms with Gasteiger partial charge in [0.2, 0.25) is 0 Å². The summed E-state index contributed by atoms with van der Waals surface area (Å²) in [6.07, 6.45) is 1.81. The average molecular weight is 334 g/mol. The van der Waals surface area contributed by atoms with Crippen molar-refractivity contribution in [1.29, 1.82) is 5.26 Å². The van der Waals surface area contributed by atoms with Crippen molar-refractivity contribution in [2.75, 3.05) is 0 Å². The maximum absolute atomic E-state index is 13.7. The Kier molecular flexibility index (Phi) is 7.03. The van der Waals surface area contributed by atoms with E-state index < -0.39 is 18.3 Å². The van der Waals surface area contributed by atoms with Crippen LogP contribution in [0.1, 0.15) is 11.1 Å². The molecule has 108 valence electrons. The molecule has 9 heteroatoms. The topological polar surface area (TPSA) is 45.9 Å². The van der Waals surface area contributed by atoms with Crippen LogP contribution in [0.15, 0.2) is 36.7 Å². The smallest absolute Gasteiger partial charge is 0.487 e. The van der Waals surface area contributed by atoms with E-state index in [1.165, 1.54) is 18.2 Å². The van der Waals surface area contributed by atoms with Crippen molar-refractivity contribution in [3.05, 3.63) is 53.6 Å². The van der Waals surface area contributed by atoms with Gasteiger partial charge in [0.05, 0.1) is 11.8 Å². The molecule has 1 heterocycles. The van der Waals surface area contributed by atoms with Gasteiger partial charge in [0.15, 0.2) is 0 Å². The third-order valence-corrected chi connectivity index (χ3v) is 2.71. The molecular weight excluding hydrogens is 326 g/mol. The first-order valence-electron chi connectivity index (χ1n) is 5.87. The van der Waals surface area contributed by atoms with Crippen LogP contribution in [0.25, 0.3) is 0 Å². The van der Waals surface area contributed by atoms with Gasteiger partial charge in [-0.15, -0.1) is 0 Å². The van der Waals surface area contributed by atoms with Crippen molar-refractivity contribution in [3.63, 3.8) is 0 Å². The Morgan fingerprint density at radius 3 is 2.59 bits per heavy atom. The molecule has 22 heavy (non-hydrogen) atoms. The van der Waals surface area contributed by atoms with Gasteiger partial charge in [-0.3, -0.25) is 4.98 Å². The standard InChI is InChI=1S/C13H8BF4N2O.K/c15-13-9(5-19)2-1-3-10(13)8-21-12-4-11(6-20-7-12)14(16,17)18;/h1-4,6-7H,8H2;/q-1;+1. The number of hydrogen-bond donors (Lipinski definition) is 0. The molecule has 0 saturated carbocycles. The largest absolute Gasteiger partial charge is 1.00 e. The molecule has 1 aromatic heterocycles. The molecule has 0 bridgehead atoms. The number of hydrogen-bond acceptors (Lipinski definition) is 3.